The zero-order valence-corrected chi connectivity index (χ0v) is 12.9. The summed E-state index contributed by atoms with van der Waals surface area (Å²) in [7, 11) is 0. The maximum absolute atomic E-state index is 11.6. The Labute approximate surface area is 121 Å². The highest BCUT2D eigenvalue weighted by Crippen LogP contribution is 2.37. The molecule has 0 radical (unpaired) electrons. The van der Waals surface area contributed by atoms with Gasteiger partial charge in [0.15, 0.2) is 5.82 Å². The van der Waals surface area contributed by atoms with Gasteiger partial charge in [-0.1, -0.05) is 25.9 Å². The Morgan fingerprint density at radius 1 is 1.30 bits per heavy atom. The molecule has 1 aromatic rings. The van der Waals surface area contributed by atoms with Crippen LogP contribution < -0.4 is 0 Å². The number of hydrogen-bond donors (Lipinski definition) is 0. The summed E-state index contributed by atoms with van der Waals surface area (Å²) in [5, 5.41) is 4.08. The van der Waals surface area contributed by atoms with Gasteiger partial charge in [0.2, 0.25) is 5.89 Å². The van der Waals surface area contributed by atoms with Gasteiger partial charge < -0.3 is 4.52 Å². The smallest absolute Gasteiger partial charge is 0.234 e. The average Bonchev–Trinajstić information content (AvgIpc) is 2.87. The van der Waals surface area contributed by atoms with Crippen LogP contribution in [0.2, 0.25) is 0 Å². The van der Waals surface area contributed by atoms with E-state index in [1.165, 1.54) is 12.8 Å². The van der Waals surface area contributed by atoms with Crippen molar-refractivity contribution in [3.8, 4) is 0 Å². The molecule has 0 aliphatic heterocycles. The molecule has 20 heavy (non-hydrogen) atoms. The van der Waals surface area contributed by atoms with Crippen LogP contribution in [-0.4, -0.2) is 15.9 Å². The number of ketones is 1. The van der Waals surface area contributed by atoms with Crippen LogP contribution in [0.5, 0.6) is 0 Å². The number of carbonyl (C=O) groups is 1. The average molecular weight is 278 g/mol. The molecule has 1 heterocycles. The lowest BCUT2D eigenvalue weighted by molar-refractivity contribution is -0.118. The molecule has 4 heteroatoms. The van der Waals surface area contributed by atoms with Crippen molar-refractivity contribution in [2.75, 3.05) is 0 Å². The third-order valence-electron chi connectivity index (χ3n) is 4.44. The molecule has 1 aliphatic rings. The molecular weight excluding hydrogens is 252 g/mol. The number of carbonyl (C=O) groups excluding carboxylic acids is 1. The fraction of sp³-hybridized carbons (Fsp3) is 0.812. The van der Waals surface area contributed by atoms with Gasteiger partial charge in [-0.15, -0.1) is 0 Å². The summed E-state index contributed by atoms with van der Waals surface area (Å²) < 4.78 is 5.23. The molecule has 0 atom stereocenters. The summed E-state index contributed by atoms with van der Waals surface area (Å²) in [4.78, 5) is 16.0. The molecule has 2 rings (SSSR count). The monoisotopic (exact) mass is 278 g/mol. The van der Waals surface area contributed by atoms with E-state index in [2.05, 4.69) is 24.0 Å². The minimum absolute atomic E-state index is 0.186. The maximum Gasteiger partial charge on any atom is 0.234 e. The van der Waals surface area contributed by atoms with E-state index in [1.807, 2.05) is 6.92 Å². The van der Waals surface area contributed by atoms with Crippen LogP contribution in [0.1, 0.15) is 76.9 Å². The molecule has 0 aromatic carbocycles. The standard InChI is InChI=1S/C16H26N2O2/c1-4-5-14(19)10-15-17-16(18-20-15)13-8-6-12(7-9-13)11(2)3/h11-13H,4-10H2,1-3H3. The predicted molar refractivity (Wildman–Crippen MR) is 77.5 cm³/mol. The first-order valence-electron chi connectivity index (χ1n) is 7.94. The van der Waals surface area contributed by atoms with E-state index < -0.39 is 0 Å². The second kappa shape index (κ2) is 7.00. The van der Waals surface area contributed by atoms with Gasteiger partial charge in [0, 0.05) is 12.3 Å². The molecule has 1 aliphatic carbocycles. The molecule has 4 nitrogen and oxygen atoms in total. The highest BCUT2D eigenvalue weighted by molar-refractivity contribution is 5.79. The zero-order chi connectivity index (χ0) is 14.5. The molecule has 1 saturated carbocycles. The van der Waals surface area contributed by atoms with Crippen LogP contribution in [-0.2, 0) is 11.2 Å². The number of nitrogens with zero attached hydrogens (tertiary/aromatic N) is 2. The van der Waals surface area contributed by atoms with Crippen molar-refractivity contribution < 1.29 is 9.32 Å². The SMILES string of the molecule is CCCC(=O)Cc1nc(C2CCC(C(C)C)CC2)no1. The second-order valence-corrected chi connectivity index (χ2v) is 6.37. The van der Waals surface area contributed by atoms with Crippen molar-refractivity contribution >= 4 is 5.78 Å². The lowest BCUT2D eigenvalue weighted by Crippen LogP contribution is -2.18. The van der Waals surface area contributed by atoms with Gasteiger partial charge in [0.1, 0.15) is 5.78 Å². The summed E-state index contributed by atoms with van der Waals surface area (Å²) in [5.41, 5.74) is 0. The Morgan fingerprint density at radius 2 is 2.00 bits per heavy atom. The highest BCUT2D eigenvalue weighted by Gasteiger charge is 2.27. The summed E-state index contributed by atoms with van der Waals surface area (Å²) in [5.74, 6) is 3.51. The van der Waals surface area contributed by atoms with Crippen molar-refractivity contribution in [2.45, 2.75) is 71.6 Å². The molecule has 0 unspecified atom stereocenters. The number of Topliss-reactive ketones (excluding diaryl/α,β-unsaturated/α-hetero) is 1. The molecular formula is C16H26N2O2. The first-order valence-corrected chi connectivity index (χ1v) is 7.94. The quantitative estimate of drug-likeness (QED) is 0.791. The third kappa shape index (κ3) is 3.90. The molecule has 0 saturated heterocycles. The van der Waals surface area contributed by atoms with Crippen molar-refractivity contribution in [3.63, 3.8) is 0 Å². The van der Waals surface area contributed by atoms with Crippen molar-refractivity contribution in [2.24, 2.45) is 11.8 Å². The molecule has 1 fully saturated rings. The number of rotatable bonds is 6. The topological polar surface area (TPSA) is 56.0 Å². The van der Waals surface area contributed by atoms with Gasteiger partial charge in [-0.3, -0.25) is 4.79 Å². The van der Waals surface area contributed by atoms with Gasteiger partial charge in [-0.05, 0) is 43.9 Å². The largest absolute Gasteiger partial charge is 0.339 e. The molecule has 0 bridgehead atoms. The van der Waals surface area contributed by atoms with Gasteiger partial charge in [0.05, 0.1) is 6.42 Å². The summed E-state index contributed by atoms with van der Waals surface area (Å²) in [6.07, 6.45) is 6.55. The van der Waals surface area contributed by atoms with Gasteiger partial charge in [0.25, 0.3) is 0 Å². The predicted octanol–water partition coefficient (Wildman–Crippen LogP) is 3.91. The Kier molecular flexibility index (Phi) is 5.32. The van der Waals surface area contributed by atoms with Gasteiger partial charge >= 0.3 is 0 Å². The van der Waals surface area contributed by atoms with E-state index in [9.17, 15) is 4.79 Å². The lowest BCUT2D eigenvalue weighted by Gasteiger charge is -2.29. The van der Waals surface area contributed by atoms with Gasteiger partial charge in [-0.25, -0.2) is 0 Å². The summed E-state index contributed by atoms with van der Waals surface area (Å²) in [6.45, 7) is 6.61. The fourth-order valence-electron chi connectivity index (χ4n) is 3.09. The molecule has 1 aromatic heterocycles. The van der Waals surface area contributed by atoms with E-state index >= 15 is 0 Å². The van der Waals surface area contributed by atoms with E-state index in [0.717, 1.165) is 36.9 Å². The van der Waals surface area contributed by atoms with Crippen LogP contribution in [0.3, 0.4) is 0 Å². The third-order valence-corrected chi connectivity index (χ3v) is 4.44. The second-order valence-electron chi connectivity index (χ2n) is 6.37. The lowest BCUT2D eigenvalue weighted by atomic mass is 9.77. The molecule has 0 N–H and O–H groups in total. The summed E-state index contributed by atoms with van der Waals surface area (Å²) in [6, 6.07) is 0. The molecule has 0 spiro atoms. The van der Waals surface area contributed by atoms with E-state index in [1.54, 1.807) is 0 Å². The first-order chi connectivity index (χ1) is 9.60. The van der Waals surface area contributed by atoms with Crippen molar-refractivity contribution in [3.05, 3.63) is 11.7 Å². The summed E-state index contributed by atoms with van der Waals surface area (Å²) >= 11 is 0. The first kappa shape index (κ1) is 15.2. The molecule has 0 amide bonds. The minimum atomic E-state index is 0.186. The Balaban J connectivity index is 1.88. The van der Waals surface area contributed by atoms with E-state index in [4.69, 9.17) is 4.52 Å². The minimum Gasteiger partial charge on any atom is -0.339 e. The van der Waals surface area contributed by atoms with Crippen LogP contribution >= 0.6 is 0 Å². The van der Waals surface area contributed by atoms with Crippen molar-refractivity contribution in [1.82, 2.24) is 10.1 Å². The Bertz CT molecular complexity index is 431. The molecule has 112 valence electrons. The van der Waals surface area contributed by atoms with Crippen LogP contribution in [0.15, 0.2) is 4.52 Å². The Morgan fingerprint density at radius 3 is 2.60 bits per heavy atom. The fourth-order valence-corrected chi connectivity index (χ4v) is 3.09. The Hall–Kier alpha value is -1.19. The van der Waals surface area contributed by atoms with Crippen molar-refractivity contribution in [1.29, 1.82) is 0 Å². The highest BCUT2D eigenvalue weighted by atomic mass is 16.5. The van der Waals surface area contributed by atoms with E-state index in [-0.39, 0.29) is 5.78 Å². The van der Waals surface area contributed by atoms with Crippen LogP contribution in [0.25, 0.3) is 0 Å². The van der Waals surface area contributed by atoms with E-state index in [0.29, 0.717) is 24.7 Å². The van der Waals surface area contributed by atoms with Gasteiger partial charge in [-0.2, -0.15) is 4.98 Å². The maximum atomic E-state index is 11.6. The van der Waals surface area contributed by atoms with Crippen LogP contribution in [0.4, 0.5) is 0 Å². The normalized spacial score (nSPS) is 23.2. The number of aromatic nitrogens is 2. The number of hydrogen-bond acceptors (Lipinski definition) is 4. The zero-order valence-electron chi connectivity index (χ0n) is 12.9. The van der Waals surface area contributed by atoms with Crippen LogP contribution in [0, 0.1) is 11.8 Å².